The van der Waals surface area contributed by atoms with Crippen LogP contribution in [0.25, 0.3) is 0 Å². The maximum atomic E-state index is 5.77. The minimum Gasteiger partial charge on any atom is -0.474 e. The van der Waals surface area contributed by atoms with Crippen LogP contribution in [0.15, 0.2) is 10.8 Å². The molecule has 1 heterocycles. The third-order valence-corrected chi connectivity index (χ3v) is 3.39. The van der Waals surface area contributed by atoms with Crippen molar-refractivity contribution < 1.29 is 4.74 Å². The van der Waals surface area contributed by atoms with Gasteiger partial charge in [-0.1, -0.05) is 26.2 Å². The number of aromatic nitrogens is 2. The van der Waals surface area contributed by atoms with Crippen LogP contribution in [0.2, 0.25) is 0 Å². The number of nitrogens with zero attached hydrogens (tertiary/aromatic N) is 2. The lowest BCUT2D eigenvalue weighted by Gasteiger charge is -2.15. The smallest absolute Gasteiger partial charge is 0.233 e. The van der Waals surface area contributed by atoms with Gasteiger partial charge in [0.1, 0.15) is 10.8 Å². The summed E-state index contributed by atoms with van der Waals surface area (Å²) in [4.78, 5) is 8.07. The largest absolute Gasteiger partial charge is 0.474 e. The number of hydrogen-bond acceptors (Lipinski definition) is 5. The van der Waals surface area contributed by atoms with Gasteiger partial charge in [0.25, 0.3) is 0 Å². The van der Waals surface area contributed by atoms with Crippen LogP contribution in [0.1, 0.15) is 46.0 Å². The summed E-state index contributed by atoms with van der Waals surface area (Å²) >= 11 is 3.37. The molecule has 102 valence electrons. The zero-order chi connectivity index (χ0) is 13.4. The topological polar surface area (TPSA) is 73.1 Å². The molecule has 5 nitrogen and oxygen atoms in total. The van der Waals surface area contributed by atoms with Gasteiger partial charge in [0.15, 0.2) is 5.82 Å². The molecular weight excluding hydrogens is 296 g/mol. The van der Waals surface area contributed by atoms with Gasteiger partial charge in [-0.25, -0.2) is 15.8 Å². The molecule has 0 radical (unpaired) electrons. The van der Waals surface area contributed by atoms with E-state index in [4.69, 9.17) is 10.6 Å². The third kappa shape index (κ3) is 4.78. The molecule has 1 rings (SSSR count). The second-order valence-corrected chi connectivity index (χ2v) is 5.06. The summed E-state index contributed by atoms with van der Waals surface area (Å²) < 4.78 is 6.43. The molecule has 0 saturated heterocycles. The third-order valence-electron chi connectivity index (χ3n) is 2.67. The Morgan fingerprint density at radius 1 is 1.39 bits per heavy atom. The van der Waals surface area contributed by atoms with Gasteiger partial charge in [0, 0.05) is 0 Å². The first-order valence-corrected chi connectivity index (χ1v) is 7.12. The number of nitrogens with one attached hydrogen (secondary N) is 1. The minimum absolute atomic E-state index is 0.138. The summed E-state index contributed by atoms with van der Waals surface area (Å²) in [7, 11) is 0. The van der Waals surface area contributed by atoms with Gasteiger partial charge in [-0.15, -0.1) is 0 Å². The van der Waals surface area contributed by atoms with E-state index < -0.39 is 0 Å². The van der Waals surface area contributed by atoms with Crippen molar-refractivity contribution in [1.82, 2.24) is 9.97 Å². The van der Waals surface area contributed by atoms with Crippen LogP contribution in [-0.4, -0.2) is 16.1 Å². The molecule has 18 heavy (non-hydrogen) atoms. The predicted molar refractivity (Wildman–Crippen MR) is 76.4 cm³/mol. The number of nitrogen functional groups attached to an aromatic ring is 1. The molecule has 0 saturated carbocycles. The summed E-state index contributed by atoms with van der Waals surface area (Å²) in [5.41, 5.74) is 2.49. The maximum Gasteiger partial charge on any atom is 0.233 e. The fourth-order valence-corrected chi connectivity index (χ4v) is 2.06. The number of rotatable bonds is 8. The number of unbranched alkanes of at least 4 members (excludes halogenated alkanes) is 3. The van der Waals surface area contributed by atoms with Crippen molar-refractivity contribution in [2.75, 3.05) is 5.43 Å². The number of ether oxygens (including phenoxy) is 1. The van der Waals surface area contributed by atoms with E-state index in [1.165, 1.54) is 32.0 Å². The average molecular weight is 317 g/mol. The first-order chi connectivity index (χ1) is 8.69. The normalized spacial score (nSPS) is 12.2. The van der Waals surface area contributed by atoms with Crippen LogP contribution in [-0.2, 0) is 0 Å². The lowest BCUT2D eigenvalue weighted by Crippen LogP contribution is -2.15. The SMILES string of the molecule is CCCCCCC(C)Oc1ncnc(NN)c1Br. The summed E-state index contributed by atoms with van der Waals surface area (Å²) in [6.45, 7) is 4.26. The van der Waals surface area contributed by atoms with Crippen molar-refractivity contribution >= 4 is 21.7 Å². The van der Waals surface area contributed by atoms with Crippen molar-refractivity contribution in [2.24, 2.45) is 5.84 Å². The van der Waals surface area contributed by atoms with Gasteiger partial charge in [0.05, 0.1) is 6.10 Å². The first kappa shape index (κ1) is 15.2. The van der Waals surface area contributed by atoms with Gasteiger partial charge in [-0.05, 0) is 35.7 Å². The van der Waals surface area contributed by atoms with E-state index in [9.17, 15) is 0 Å². The van der Waals surface area contributed by atoms with Crippen molar-refractivity contribution in [2.45, 2.75) is 52.1 Å². The Morgan fingerprint density at radius 2 is 2.17 bits per heavy atom. The molecule has 0 aromatic carbocycles. The molecule has 1 unspecified atom stereocenters. The number of anilines is 1. The average Bonchev–Trinajstić information content (AvgIpc) is 2.37. The Balaban J connectivity index is 2.46. The molecule has 0 aliphatic heterocycles. The fraction of sp³-hybridized carbons (Fsp3) is 0.667. The van der Waals surface area contributed by atoms with Crippen LogP contribution in [0.3, 0.4) is 0 Å². The highest BCUT2D eigenvalue weighted by Gasteiger charge is 2.12. The fourth-order valence-electron chi connectivity index (χ4n) is 1.64. The summed E-state index contributed by atoms with van der Waals surface area (Å²) in [6.07, 6.45) is 7.56. The second-order valence-electron chi connectivity index (χ2n) is 4.26. The van der Waals surface area contributed by atoms with E-state index in [1.54, 1.807) is 0 Å². The van der Waals surface area contributed by atoms with E-state index in [-0.39, 0.29) is 6.10 Å². The number of nitrogens with two attached hydrogens (primary N) is 1. The standard InChI is InChI=1S/C12H21BrN4O/c1-3-4-5-6-7-9(2)18-12-10(13)11(17-14)15-8-16-12/h8-9H,3-7,14H2,1-2H3,(H,15,16,17). The van der Waals surface area contributed by atoms with Crippen LogP contribution < -0.4 is 16.0 Å². The highest BCUT2D eigenvalue weighted by Crippen LogP contribution is 2.28. The molecule has 1 atom stereocenters. The molecule has 1 aromatic heterocycles. The number of hydrogen-bond donors (Lipinski definition) is 2. The van der Waals surface area contributed by atoms with Crippen molar-refractivity contribution in [1.29, 1.82) is 0 Å². The van der Waals surface area contributed by atoms with Gasteiger partial charge in [-0.3, -0.25) is 0 Å². The zero-order valence-corrected chi connectivity index (χ0v) is 12.5. The highest BCUT2D eigenvalue weighted by atomic mass is 79.9. The molecule has 0 aliphatic rings. The molecule has 1 aromatic rings. The van der Waals surface area contributed by atoms with Gasteiger partial charge in [-0.2, -0.15) is 0 Å². The highest BCUT2D eigenvalue weighted by molar-refractivity contribution is 9.10. The number of halogens is 1. The van der Waals surface area contributed by atoms with Crippen molar-refractivity contribution in [3.05, 3.63) is 10.8 Å². The van der Waals surface area contributed by atoms with E-state index in [1.807, 2.05) is 0 Å². The van der Waals surface area contributed by atoms with E-state index in [0.717, 1.165) is 6.42 Å². The Hall–Kier alpha value is -0.880. The Bertz CT molecular complexity index is 362. The second kappa shape index (κ2) is 8.26. The molecule has 0 fully saturated rings. The Labute approximate surface area is 117 Å². The van der Waals surface area contributed by atoms with Gasteiger partial charge < -0.3 is 10.2 Å². The lowest BCUT2D eigenvalue weighted by atomic mass is 10.1. The lowest BCUT2D eigenvalue weighted by molar-refractivity contribution is 0.196. The molecule has 0 bridgehead atoms. The summed E-state index contributed by atoms with van der Waals surface area (Å²) in [5, 5.41) is 0. The van der Waals surface area contributed by atoms with Crippen LogP contribution in [0.5, 0.6) is 5.88 Å². The van der Waals surface area contributed by atoms with Gasteiger partial charge >= 0.3 is 0 Å². The van der Waals surface area contributed by atoms with Crippen LogP contribution in [0, 0.1) is 0 Å². The van der Waals surface area contributed by atoms with Crippen molar-refractivity contribution in [3.63, 3.8) is 0 Å². The molecular formula is C12H21BrN4O. The molecule has 6 heteroatoms. The Kier molecular flexibility index (Phi) is 6.97. The van der Waals surface area contributed by atoms with Crippen molar-refractivity contribution in [3.8, 4) is 5.88 Å². The Morgan fingerprint density at radius 3 is 2.83 bits per heavy atom. The van der Waals surface area contributed by atoms with E-state index >= 15 is 0 Å². The zero-order valence-electron chi connectivity index (χ0n) is 10.9. The minimum atomic E-state index is 0.138. The van der Waals surface area contributed by atoms with Gasteiger partial charge in [0.2, 0.25) is 5.88 Å². The summed E-state index contributed by atoms with van der Waals surface area (Å²) in [5.74, 6) is 6.39. The molecule has 3 N–H and O–H groups in total. The number of hydrazine groups is 1. The molecule has 0 aliphatic carbocycles. The van der Waals surface area contributed by atoms with Crippen LogP contribution in [0.4, 0.5) is 5.82 Å². The first-order valence-electron chi connectivity index (χ1n) is 6.32. The van der Waals surface area contributed by atoms with E-state index in [2.05, 4.69) is 45.2 Å². The maximum absolute atomic E-state index is 5.77. The predicted octanol–water partition coefficient (Wildman–Crippen LogP) is 3.26. The van der Waals surface area contributed by atoms with Crippen LogP contribution >= 0.6 is 15.9 Å². The quantitative estimate of drug-likeness (QED) is 0.437. The van der Waals surface area contributed by atoms with E-state index in [0.29, 0.717) is 16.2 Å². The molecule has 0 amide bonds. The molecule has 0 spiro atoms. The summed E-state index contributed by atoms with van der Waals surface area (Å²) in [6, 6.07) is 0. The monoisotopic (exact) mass is 316 g/mol.